The Hall–Kier alpha value is -6.79. The normalized spacial score (nSPS) is 26.6. The summed E-state index contributed by atoms with van der Waals surface area (Å²) in [7, 11) is 9.95. The molecule has 0 spiro atoms. The lowest BCUT2D eigenvalue weighted by Crippen LogP contribution is -2.64. The topological polar surface area (TPSA) is 305 Å². The molecule has 2 rings (SSSR count). The van der Waals surface area contributed by atoms with E-state index in [-0.39, 0.29) is 55.8 Å². The second-order valence-electron chi connectivity index (χ2n) is 27.8. The van der Waals surface area contributed by atoms with Gasteiger partial charge in [-0.3, -0.25) is 62.7 Å². The average Bonchev–Trinajstić information content (AvgIpc) is 0.883. The smallest absolute Gasteiger partial charge is 0.246 e. The van der Waals surface area contributed by atoms with Crippen LogP contribution >= 0.6 is 0 Å². The molecule has 1 aliphatic heterocycles. The van der Waals surface area contributed by atoms with Gasteiger partial charge >= 0.3 is 0 Å². The van der Waals surface area contributed by atoms with E-state index >= 15 is 19.2 Å². The van der Waals surface area contributed by atoms with Crippen molar-refractivity contribution in [1.29, 1.82) is 0 Å². The number of nitrogens with one attached hydrogen (secondary N) is 4. The van der Waals surface area contributed by atoms with Crippen molar-refractivity contribution in [2.24, 2.45) is 41.4 Å². The van der Waals surface area contributed by atoms with E-state index in [2.05, 4.69) is 31.2 Å². The molecule has 0 saturated carbocycles. The van der Waals surface area contributed by atoms with E-state index in [0.29, 0.717) is 25.0 Å². The first kappa shape index (κ1) is 80.3. The molecule has 25 nitrogen and oxygen atoms in total. The lowest BCUT2D eigenvalue weighted by molar-refractivity contribution is -0.157. The van der Waals surface area contributed by atoms with E-state index in [9.17, 15) is 38.7 Å². The largest absolute Gasteiger partial charge is 0.390 e. The standard InChI is InChI=1S/C66H115N13O12/c1-25-47-62(87)73(18)45(17)61(86)74(19)49(32-37(4)5)58(83)72-52(40(10)11)65(90)75(20)48(31-36(2)3)57(82)69-43(15)56(81)70-44(16)60(85)76(21)50(33-38(6)7)63(88)77(22)51(34-39(8)9)64(89)78(23)53(41(12)13)66(91)79(24)54(59(84)71-47)55(80)42(14)27-26-28-46-35-67-29-30-68-46/h29-30,35-45,47-55,80H,25-28,31-34H2,1-24H3,(H,69,82)(H,70,81)(H,71,84)(H,72,83)/t42-,43-,44+,45-,47-,48-,49+,50-,51-,52-,53-,54-,55-/m1/s1. The third-order valence-corrected chi connectivity index (χ3v) is 17.5. The van der Waals surface area contributed by atoms with Gasteiger partial charge < -0.3 is 60.7 Å². The van der Waals surface area contributed by atoms with Gasteiger partial charge in [-0.1, -0.05) is 96.9 Å². The Labute approximate surface area is 543 Å². The highest BCUT2D eigenvalue weighted by atomic mass is 16.3. The number of aromatic nitrogens is 2. The highest BCUT2D eigenvalue weighted by Gasteiger charge is 2.46. The number of likely N-dealkylation sites (N-methyl/N-ethyl adjacent to an activating group) is 7. The van der Waals surface area contributed by atoms with Gasteiger partial charge in [-0.2, -0.15) is 0 Å². The van der Waals surface area contributed by atoms with Crippen LogP contribution in [0.3, 0.4) is 0 Å². The van der Waals surface area contributed by atoms with Crippen molar-refractivity contribution in [3.05, 3.63) is 24.3 Å². The van der Waals surface area contributed by atoms with Gasteiger partial charge in [0.1, 0.15) is 66.5 Å². The number of carbonyl (C=O) groups excluding carboxylic acids is 11. The Morgan fingerprint density at radius 3 is 1.35 bits per heavy atom. The SMILES string of the molecule is CC[C@H]1NC(=O)[C@@H]([C@H](O)[C@H](C)CCCc2cnccn2)N(C)C(=O)[C@@H](C(C)C)N(C)C(=O)[C@@H](CC(C)C)N(C)C(=O)[C@@H](CC(C)C)N(C)C(=O)[C@H](C)NC(=O)[C@@H](C)NC(=O)[C@@H](CC(C)C)N(C)C(=O)[C@@H](C(C)C)NC(=O)[C@H](CC(C)C)N(C)C(=O)[C@@H](C)N(C)C1=O. The summed E-state index contributed by atoms with van der Waals surface area (Å²) in [5.74, 6) is -9.90. The highest BCUT2D eigenvalue weighted by Crippen LogP contribution is 2.26. The van der Waals surface area contributed by atoms with Crippen LogP contribution in [0.15, 0.2) is 18.6 Å². The Kier molecular flexibility index (Phi) is 32.2. The van der Waals surface area contributed by atoms with Crippen molar-refractivity contribution in [2.45, 2.75) is 242 Å². The summed E-state index contributed by atoms with van der Waals surface area (Å²) in [5, 5.41) is 23.5. The van der Waals surface area contributed by atoms with E-state index in [0.717, 1.165) is 9.80 Å². The van der Waals surface area contributed by atoms with Gasteiger partial charge in [0.05, 0.1) is 11.8 Å². The first-order chi connectivity index (χ1) is 42.2. The number of rotatable bonds is 17. The van der Waals surface area contributed by atoms with Crippen LogP contribution in [0.4, 0.5) is 0 Å². The average molecular weight is 1280 g/mol. The molecule has 0 radical (unpaired) electrons. The zero-order valence-corrected chi connectivity index (χ0v) is 59.3. The molecule has 2 heterocycles. The van der Waals surface area contributed by atoms with Crippen molar-refractivity contribution < 1.29 is 57.8 Å². The van der Waals surface area contributed by atoms with Crippen LogP contribution in [0.5, 0.6) is 0 Å². The molecule has 1 fully saturated rings. The summed E-state index contributed by atoms with van der Waals surface area (Å²) < 4.78 is 0. The Morgan fingerprint density at radius 2 is 0.890 bits per heavy atom. The lowest BCUT2D eigenvalue weighted by atomic mass is 9.90. The summed E-state index contributed by atoms with van der Waals surface area (Å²) in [6.45, 7) is 29.6. The number of amides is 11. The van der Waals surface area contributed by atoms with Gasteiger partial charge in [-0.05, 0) is 114 Å². The second-order valence-corrected chi connectivity index (χ2v) is 27.8. The number of carbonyl (C=O) groups is 11. The fourth-order valence-electron chi connectivity index (χ4n) is 11.6. The Morgan fingerprint density at radius 1 is 0.451 bits per heavy atom. The first-order valence-corrected chi connectivity index (χ1v) is 32.7. The van der Waals surface area contributed by atoms with Crippen LogP contribution in [0, 0.1) is 41.4 Å². The van der Waals surface area contributed by atoms with Gasteiger partial charge in [0.25, 0.3) is 0 Å². The molecule has 11 amide bonds. The predicted molar refractivity (Wildman–Crippen MR) is 349 cm³/mol. The molecule has 1 aromatic heterocycles. The number of aliphatic hydroxyl groups is 1. The molecule has 0 unspecified atom stereocenters. The molecule has 13 atom stereocenters. The maximum absolute atomic E-state index is 15.4. The van der Waals surface area contributed by atoms with Crippen LogP contribution < -0.4 is 21.3 Å². The van der Waals surface area contributed by atoms with Gasteiger partial charge in [0.2, 0.25) is 65.0 Å². The lowest BCUT2D eigenvalue weighted by Gasteiger charge is -2.41. The first-order valence-electron chi connectivity index (χ1n) is 32.7. The van der Waals surface area contributed by atoms with Crippen LogP contribution in [-0.2, 0) is 59.2 Å². The molecule has 91 heavy (non-hydrogen) atoms. The molecule has 0 aromatic carbocycles. The Bertz CT molecular complexity index is 2620. The van der Waals surface area contributed by atoms with Gasteiger partial charge in [0.15, 0.2) is 0 Å². The monoisotopic (exact) mass is 1280 g/mol. The molecule has 0 bridgehead atoms. The van der Waals surface area contributed by atoms with Crippen molar-refractivity contribution >= 4 is 65.0 Å². The molecular weight excluding hydrogens is 1170 g/mol. The van der Waals surface area contributed by atoms with E-state index in [1.54, 1.807) is 60.1 Å². The van der Waals surface area contributed by atoms with E-state index in [1.165, 1.54) is 94.6 Å². The molecule has 516 valence electrons. The molecule has 1 aliphatic rings. The van der Waals surface area contributed by atoms with Crippen molar-refractivity contribution in [3.8, 4) is 0 Å². The Balaban J connectivity index is 3.00. The maximum Gasteiger partial charge on any atom is 0.246 e. The second kappa shape index (κ2) is 36.5. The van der Waals surface area contributed by atoms with Crippen LogP contribution in [0.25, 0.3) is 0 Å². The molecule has 1 aromatic rings. The van der Waals surface area contributed by atoms with E-state index in [4.69, 9.17) is 0 Å². The molecule has 1 saturated heterocycles. The summed E-state index contributed by atoms with van der Waals surface area (Å²) in [6.07, 6.45) is 5.18. The van der Waals surface area contributed by atoms with Crippen LogP contribution in [0.1, 0.15) is 168 Å². The molecule has 5 N–H and O–H groups in total. The van der Waals surface area contributed by atoms with Crippen LogP contribution in [0.2, 0.25) is 0 Å². The summed E-state index contributed by atoms with van der Waals surface area (Å²) in [5.41, 5.74) is 0.714. The van der Waals surface area contributed by atoms with Gasteiger partial charge in [-0.25, -0.2) is 0 Å². The summed E-state index contributed by atoms with van der Waals surface area (Å²) >= 11 is 0. The van der Waals surface area contributed by atoms with E-state index in [1.807, 2.05) is 55.4 Å². The molecule has 0 aliphatic carbocycles. The van der Waals surface area contributed by atoms with Crippen molar-refractivity contribution in [2.75, 3.05) is 49.3 Å². The molecular formula is C66H115N13O12. The number of nitrogens with zero attached hydrogens (tertiary/aromatic N) is 9. The van der Waals surface area contributed by atoms with Crippen LogP contribution in [-0.4, -0.2) is 236 Å². The number of aliphatic hydroxyl groups excluding tert-OH is 1. The minimum absolute atomic E-state index is 0.00130. The zero-order chi connectivity index (χ0) is 70.0. The maximum atomic E-state index is 15.4. The fourth-order valence-corrected chi connectivity index (χ4v) is 11.6. The molecule has 25 heteroatoms. The van der Waals surface area contributed by atoms with Crippen molar-refractivity contribution in [3.63, 3.8) is 0 Å². The number of hydrogen-bond donors (Lipinski definition) is 5. The highest BCUT2D eigenvalue weighted by molar-refractivity contribution is 6.00. The van der Waals surface area contributed by atoms with Crippen molar-refractivity contribution in [1.82, 2.24) is 65.5 Å². The third-order valence-electron chi connectivity index (χ3n) is 17.5. The quantitative estimate of drug-likeness (QED) is 0.149. The number of aryl methyl sites for hydroxylation is 1. The zero-order valence-electron chi connectivity index (χ0n) is 59.3. The third kappa shape index (κ3) is 22.2. The van der Waals surface area contributed by atoms with Gasteiger partial charge in [0, 0.05) is 67.9 Å². The van der Waals surface area contributed by atoms with E-state index < -0.39 is 155 Å². The minimum Gasteiger partial charge on any atom is -0.390 e. The van der Waals surface area contributed by atoms with Gasteiger partial charge in [-0.15, -0.1) is 0 Å². The minimum atomic E-state index is -1.65. The number of hydrogen-bond acceptors (Lipinski definition) is 14. The summed E-state index contributed by atoms with van der Waals surface area (Å²) in [4.78, 5) is 179. The summed E-state index contributed by atoms with van der Waals surface area (Å²) in [6, 6.07) is -13.8. The fraction of sp³-hybridized carbons (Fsp3) is 0.773. The predicted octanol–water partition coefficient (Wildman–Crippen LogP) is 3.50.